The largest absolute Gasteiger partial charge is 0.496 e. The van der Waals surface area contributed by atoms with Crippen LogP contribution in [0.3, 0.4) is 0 Å². The third kappa shape index (κ3) is 5.63. The van der Waals surface area contributed by atoms with Gasteiger partial charge in [0.25, 0.3) is 0 Å². The fourth-order valence-electron chi connectivity index (χ4n) is 2.80. The van der Waals surface area contributed by atoms with Crippen molar-refractivity contribution in [2.45, 2.75) is 13.0 Å². The van der Waals surface area contributed by atoms with Crippen LogP contribution < -0.4 is 10.1 Å². The van der Waals surface area contributed by atoms with Crippen molar-refractivity contribution in [2.24, 2.45) is 0 Å². The molecule has 1 saturated heterocycles. The first-order chi connectivity index (χ1) is 12.0. The van der Waals surface area contributed by atoms with Crippen LogP contribution in [-0.4, -0.2) is 80.6 Å². The van der Waals surface area contributed by atoms with Crippen molar-refractivity contribution in [3.63, 3.8) is 0 Å². The van der Waals surface area contributed by atoms with Crippen LogP contribution in [0, 0.1) is 0 Å². The quantitative estimate of drug-likeness (QED) is 0.833. The van der Waals surface area contributed by atoms with Gasteiger partial charge >= 0.3 is 6.03 Å². The van der Waals surface area contributed by atoms with Crippen LogP contribution in [0.4, 0.5) is 4.79 Å². The molecule has 1 heterocycles. The summed E-state index contributed by atoms with van der Waals surface area (Å²) in [7, 11) is 5.11. The Morgan fingerprint density at radius 2 is 1.84 bits per heavy atom. The molecule has 1 aliphatic rings. The minimum atomic E-state index is -0.0940. The molecule has 1 fully saturated rings. The van der Waals surface area contributed by atoms with Gasteiger partial charge < -0.3 is 19.9 Å². The zero-order chi connectivity index (χ0) is 18.2. The van der Waals surface area contributed by atoms with E-state index in [1.54, 1.807) is 26.1 Å². The fourth-order valence-corrected chi connectivity index (χ4v) is 2.80. The Hall–Kier alpha value is -2.28. The number of amides is 3. The minimum Gasteiger partial charge on any atom is -0.496 e. The summed E-state index contributed by atoms with van der Waals surface area (Å²) >= 11 is 0. The lowest BCUT2D eigenvalue weighted by Gasteiger charge is -2.34. The molecule has 1 aromatic carbocycles. The molecule has 25 heavy (non-hydrogen) atoms. The second kappa shape index (κ2) is 9.27. The lowest BCUT2D eigenvalue weighted by molar-refractivity contribution is -0.128. The molecule has 138 valence electrons. The number of para-hydroxylation sites is 1. The molecule has 2 rings (SSSR count). The van der Waals surface area contributed by atoms with Gasteiger partial charge in [-0.25, -0.2) is 4.79 Å². The van der Waals surface area contributed by atoms with E-state index in [-0.39, 0.29) is 11.9 Å². The molecule has 0 aliphatic carbocycles. The predicted octanol–water partition coefficient (Wildman–Crippen LogP) is 1.00. The summed E-state index contributed by atoms with van der Waals surface area (Å²) in [5, 5.41) is 2.82. The second-order valence-corrected chi connectivity index (χ2v) is 6.35. The highest BCUT2D eigenvalue weighted by Gasteiger charge is 2.21. The standard InChI is InChI=1S/C18H28N4O3/c1-20(2)17(23)8-9-19-18(24)22-12-10-21(11-13-22)14-15-6-4-5-7-16(15)25-3/h4-7H,8-14H2,1-3H3,(H,19,24). The molecule has 0 atom stereocenters. The molecular formula is C18H28N4O3. The van der Waals surface area contributed by atoms with Gasteiger partial charge in [-0.15, -0.1) is 0 Å². The molecular weight excluding hydrogens is 320 g/mol. The normalized spacial score (nSPS) is 14.9. The van der Waals surface area contributed by atoms with E-state index in [2.05, 4.69) is 16.3 Å². The number of urea groups is 1. The van der Waals surface area contributed by atoms with Crippen LogP contribution in [0.25, 0.3) is 0 Å². The van der Waals surface area contributed by atoms with Gasteiger partial charge in [0.2, 0.25) is 5.91 Å². The number of carbonyl (C=O) groups excluding carboxylic acids is 2. The molecule has 7 heteroatoms. The van der Waals surface area contributed by atoms with Gasteiger partial charge in [-0.3, -0.25) is 9.69 Å². The van der Waals surface area contributed by atoms with Crippen molar-refractivity contribution in [3.8, 4) is 5.75 Å². The monoisotopic (exact) mass is 348 g/mol. The molecule has 0 spiro atoms. The summed E-state index contributed by atoms with van der Waals surface area (Å²) < 4.78 is 5.39. The van der Waals surface area contributed by atoms with Crippen LogP contribution in [0.15, 0.2) is 24.3 Å². The zero-order valence-corrected chi connectivity index (χ0v) is 15.3. The molecule has 3 amide bonds. The van der Waals surface area contributed by atoms with Gasteiger partial charge in [0.15, 0.2) is 0 Å². The van der Waals surface area contributed by atoms with Crippen molar-refractivity contribution in [2.75, 3.05) is 53.9 Å². The van der Waals surface area contributed by atoms with Crippen LogP contribution >= 0.6 is 0 Å². The minimum absolute atomic E-state index is 0.0157. The molecule has 0 unspecified atom stereocenters. The van der Waals surface area contributed by atoms with Gasteiger partial charge in [-0.05, 0) is 6.07 Å². The van der Waals surface area contributed by atoms with Crippen molar-refractivity contribution < 1.29 is 14.3 Å². The number of rotatable bonds is 6. The number of benzene rings is 1. The number of piperazine rings is 1. The van der Waals surface area contributed by atoms with E-state index in [1.165, 1.54) is 4.90 Å². The van der Waals surface area contributed by atoms with Crippen molar-refractivity contribution in [3.05, 3.63) is 29.8 Å². The van der Waals surface area contributed by atoms with Gasteiger partial charge in [0.05, 0.1) is 7.11 Å². The molecule has 1 aromatic rings. The maximum atomic E-state index is 12.2. The van der Waals surface area contributed by atoms with E-state index in [0.717, 1.165) is 30.9 Å². The number of hydrogen-bond acceptors (Lipinski definition) is 4. The molecule has 0 saturated carbocycles. The first kappa shape index (κ1) is 19.1. The van der Waals surface area contributed by atoms with Crippen LogP contribution in [0.5, 0.6) is 5.75 Å². The number of hydrogen-bond donors (Lipinski definition) is 1. The van der Waals surface area contributed by atoms with E-state index >= 15 is 0 Å². The maximum Gasteiger partial charge on any atom is 0.317 e. The fraction of sp³-hybridized carbons (Fsp3) is 0.556. The second-order valence-electron chi connectivity index (χ2n) is 6.35. The molecule has 0 aromatic heterocycles. The molecule has 1 N–H and O–H groups in total. The summed E-state index contributed by atoms with van der Waals surface area (Å²) in [6.45, 7) is 4.20. The summed E-state index contributed by atoms with van der Waals surface area (Å²) in [4.78, 5) is 29.3. The number of nitrogens with zero attached hydrogens (tertiary/aromatic N) is 3. The van der Waals surface area contributed by atoms with E-state index in [9.17, 15) is 9.59 Å². The number of carbonyl (C=O) groups is 2. The van der Waals surface area contributed by atoms with Gasteiger partial charge in [-0.1, -0.05) is 18.2 Å². The Kier molecular flexibility index (Phi) is 7.06. The van der Waals surface area contributed by atoms with Crippen molar-refractivity contribution in [1.29, 1.82) is 0 Å². The topological polar surface area (TPSA) is 65.1 Å². The molecule has 7 nitrogen and oxygen atoms in total. The van der Waals surface area contributed by atoms with Crippen LogP contribution in [0.1, 0.15) is 12.0 Å². The Morgan fingerprint density at radius 3 is 2.48 bits per heavy atom. The smallest absolute Gasteiger partial charge is 0.317 e. The predicted molar refractivity (Wildman–Crippen MR) is 96.6 cm³/mol. The van der Waals surface area contributed by atoms with E-state index in [4.69, 9.17) is 4.74 Å². The highest BCUT2D eigenvalue weighted by molar-refractivity contribution is 5.78. The van der Waals surface area contributed by atoms with E-state index < -0.39 is 0 Å². The average Bonchev–Trinajstić information content (AvgIpc) is 2.62. The van der Waals surface area contributed by atoms with Crippen LogP contribution in [-0.2, 0) is 11.3 Å². The van der Waals surface area contributed by atoms with Gasteiger partial charge in [0.1, 0.15) is 5.75 Å². The van der Waals surface area contributed by atoms with Gasteiger partial charge in [0, 0.05) is 65.3 Å². The highest BCUT2D eigenvalue weighted by atomic mass is 16.5. The average molecular weight is 348 g/mol. The lowest BCUT2D eigenvalue weighted by atomic mass is 10.1. The first-order valence-corrected chi connectivity index (χ1v) is 8.58. The molecule has 0 radical (unpaired) electrons. The Labute approximate surface area is 149 Å². The van der Waals surface area contributed by atoms with E-state index in [1.807, 2.05) is 18.2 Å². The Morgan fingerprint density at radius 1 is 1.16 bits per heavy atom. The maximum absolute atomic E-state index is 12.2. The van der Waals surface area contributed by atoms with Crippen LogP contribution in [0.2, 0.25) is 0 Å². The third-order valence-electron chi connectivity index (χ3n) is 4.36. The highest BCUT2D eigenvalue weighted by Crippen LogP contribution is 2.19. The molecule has 0 bridgehead atoms. The summed E-state index contributed by atoms with van der Waals surface area (Å²) in [6.07, 6.45) is 0.326. The summed E-state index contributed by atoms with van der Waals surface area (Å²) in [5.74, 6) is 0.912. The SMILES string of the molecule is COc1ccccc1CN1CCN(C(=O)NCCC(=O)N(C)C)CC1. The van der Waals surface area contributed by atoms with E-state index in [0.29, 0.717) is 26.1 Å². The Bertz CT molecular complexity index is 583. The molecule has 1 aliphatic heterocycles. The van der Waals surface area contributed by atoms with Crippen molar-refractivity contribution in [1.82, 2.24) is 20.0 Å². The number of nitrogens with one attached hydrogen (secondary N) is 1. The number of ether oxygens (including phenoxy) is 1. The zero-order valence-electron chi connectivity index (χ0n) is 15.3. The Balaban J connectivity index is 1.73. The lowest BCUT2D eigenvalue weighted by Crippen LogP contribution is -2.51. The van der Waals surface area contributed by atoms with Crippen molar-refractivity contribution >= 4 is 11.9 Å². The third-order valence-corrected chi connectivity index (χ3v) is 4.36. The summed E-state index contributed by atoms with van der Waals surface area (Å²) in [5.41, 5.74) is 1.16. The first-order valence-electron chi connectivity index (χ1n) is 8.58. The summed E-state index contributed by atoms with van der Waals surface area (Å²) in [6, 6.07) is 7.92. The number of methoxy groups -OCH3 is 1. The van der Waals surface area contributed by atoms with Gasteiger partial charge in [-0.2, -0.15) is 0 Å².